The molecule has 2 rings (SSSR count). The fourth-order valence-corrected chi connectivity index (χ4v) is 2.45. The van der Waals surface area contributed by atoms with Crippen LogP contribution < -0.4 is 4.74 Å². The third kappa shape index (κ3) is 3.68. The van der Waals surface area contributed by atoms with Crippen LogP contribution in [0.1, 0.15) is 36.8 Å². The number of ether oxygens (including phenoxy) is 1. The summed E-state index contributed by atoms with van der Waals surface area (Å²) in [6.45, 7) is 2.88. The summed E-state index contributed by atoms with van der Waals surface area (Å²) in [5.74, 6) is 7.94. The minimum atomic E-state index is 0.357. The molecule has 1 aliphatic carbocycles. The molecule has 0 unspecified atom stereocenters. The summed E-state index contributed by atoms with van der Waals surface area (Å²) in [5, 5.41) is 0. The zero-order chi connectivity index (χ0) is 12.8. The van der Waals surface area contributed by atoms with Crippen LogP contribution in [0.25, 0.3) is 0 Å². The number of hydrogen-bond acceptors (Lipinski definition) is 1. The van der Waals surface area contributed by atoms with Gasteiger partial charge < -0.3 is 4.74 Å². The average molecular weight is 263 g/mol. The Balaban J connectivity index is 2.05. The zero-order valence-corrected chi connectivity index (χ0v) is 11.6. The second kappa shape index (κ2) is 6.71. The van der Waals surface area contributed by atoms with Crippen molar-refractivity contribution in [2.24, 2.45) is 5.92 Å². The lowest BCUT2D eigenvalue weighted by Gasteiger charge is -2.13. The molecule has 0 aromatic heterocycles. The van der Waals surface area contributed by atoms with Crippen LogP contribution in [0.15, 0.2) is 18.2 Å². The zero-order valence-electron chi connectivity index (χ0n) is 10.8. The highest BCUT2D eigenvalue weighted by atomic mass is 35.5. The van der Waals surface area contributed by atoms with E-state index < -0.39 is 0 Å². The Morgan fingerprint density at radius 1 is 1.33 bits per heavy atom. The molecule has 1 fully saturated rings. The van der Waals surface area contributed by atoms with Crippen LogP contribution in [0.2, 0.25) is 0 Å². The van der Waals surface area contributed by atoms with Crippen molar-refractivity contribution in [3.8, 4) is 17.6 Å². The molecular formula is C16H19ClO. The SMILES string of the molecule is Cc1ccc(OCC2CCCC2)c(C#CCCl)c1. The van der Waals surface area contributed by atoms with Crippen molar-refractivity contribution < 1.29 is 4.74 Å². The van der Waals surface area contributed by atoms with Crippen LogP contribution in [0.5, 0.6) is 5.75 Å². The van der Waals surface area contributed by atoms with E-state index >= 15 is 0 Å². The summed E-state index contributed by atoms with van der Waals surface area (Å²) in [5.41, 5.74) is 2.15. The smallest absolute Gasteiger partial charge is 0.134 e. The Kier molecular flexibility index (Phi) is 4.96. The number of rotatable bonds is 3. The molecule has 1 aliphatic rings. The number of alkyl halides is 1. The molecule has 0 saturated heterocycles. The van der Waals surface area contributed by atoms with Gasteiger partial charge in [-0.1, -0.05) is 30.7 Å². The van der Waals surface area contributed by atoms with Gasteiger partial charge in [-0.15, -0.1) is 11.6 Å². The fourth-order valence-electron chi connectivity index (χ4n) is 2.38. The van der Waals surface area contributed by atoms with Gasteiger partial charge in [-0.2, -0.15) is 0 Å². The lowest BCUT2D eigenvalue weighted by molar-refractivity contribution is 0.251. The van der Waals surface area contributed by atoms with Gasteiger partial charge in [-0.3, -0.25) is 0 Å². The Hall–Kier alpha value is -1.13. The number of aryl methyl sites for hydroxylation is 1. The second-order valence-electron chi connectivity index (χ2n) is 4.90. The molecule has 0 amide bonds. The van der Waals surface area contributed by atoms with Crippen molar-refractivity contribution in [1.29, 1.82) is 0 Å². The maximum absolute atomic E-state index is 5.93. The standard InChI is InChI=1S/C16H19ClO/c1-13-8-9-16(15(11-13)7-4-10-17)18-12-14-5-2-3-6-14/h8-9,11,14H,2-3,5-6,10,12H2,1H3. The Morgan fingerprint density at radius 2 is 2.11 bits per heavy atom. The van der Waals surface area contributed by atoms with Crippen molar-refractivity contribution in [3.63, 3.8) is 0 Å². The molecular weight excluding hydrogens is 244 g/mol. The van der Waals surface area contributed by atoms with E-state index in [9.17, 15) is 0 Å². The normalized spacial score (nSPS) is 15.2. The first-order valence-electron chi connectivity index (χ1n) is 6.58. The van der Waals surface area contributed by atoms with Crippen LogP contribution in [0, 0.1) is 24.7 Å². The van der Waals surface area contributed by atoms with Crippen LogP contribution >= 0.6 is 11.6 Å². The minimum Gasteiger partial charge on any atom is -0.492 e. The minimum absolute atomic E-state index is 0.357. The first-order chi connectivity index (χ1) is 8.79. The number of hydrogen-bond donors (Lipinski definition) is 0. The number of benzene rings is 1. The molecule has 0 atom stereocenters. The van der Waals surface area contributed by atoms with Crippen LogP contribution in [0.4, 0.5) is 0 Å². The van der Waals surface area contributed by atoms with Gasteiger partial charge in [0.25, 0.3) is 0 Å². The predicted octanol–water partition coefficient (Wildman–Crippen LogP) is 4.15. The highest BCUT2D eigenvalue weighted by Crippen LogP contribution is 2.27. The summed E-state index contributed by atoms with van der Waals surface area (Å²) < 4.78 is 5.93. The Labute approximate surface area is 114 Å². The molecule has 1 nitrogen and oxygen atoms in total. The van der Waals surface area contributed by atoms with Gasteiger partial charge in [-0.25, -0.2) is 0 Å². The van der Waals surface area contributed by atoms with E-state index in [1.54, 1.807) is 0 Å². The molecule has 0 heterocycles. The van der Waals surface area contributed by atoms with E-state index in [4.69, 9.17) is 16.3 Å². The van der Waals surface area contributed by atoms with E-state index in [0.29, 0.717) is 5.88 Å². The van der Waals surface area contributed by atoms with Gasteiger partial charge >= 0.3 is 0 Å². The van der Waals surface area contributed by atoms with Crippen molar-refractivity contribution in [1.82, 2.24) is 0 Å². The summed E-state index contributed by atoms with van der Waals surface area (Å²) >= 11 is 5.61. The Morgan fingerprint density at radius 3 is 2.83 bits per heavy atom. The van der Waals surface area contributed by atoms with Crippen molar-refractivity contribution >= 4 is 11.6 Å². The monoisotopic (exact) mass is 262 g/mol. The summed E-state index contributed by atoms with van der Waals surface area (Å²) in [6, 6.07) is 6.14. The lowest BCUT2D eigenvalue weighted by atomic mass is 10.1. The first-order valence-corrected chi connectivity index (χ1v) is 7.11. The highest BCUT2D eigenvalue weighted by Gasteiger charge is 2.16. The quantitative estimate of drug-likeness (QED) is 0.587. The summed E-state index contributed by atoms with van der Waals surface area (Å²) in [7, 11) is 0. The van der Waals surface area contributed by atoms with E-state index in [1.807, 2.05) is 6.07 Å². The molecule has 18 heavy (non-hydrogen) atoms. The van der Waals surface area contributed by atoms with Gasteiger partial charge in [0, 0.05) is 0 Å². The molecule has 0 spiro atoms. The van der Waals surface area contributed by atoms with Crippen LogP contribution in [0.3, 0.4) is 0 Å². The molecule has 1 aromatic rings. The molecule has 2 heteroatoms. The van der Waals surface area contributed by atoms with Crippen LogP contribution in [-0.2, 0) is 0 Å². The first kappa shape index (κ1) is 13.3. The highest BCUT2D eigenvalue weighted by molar-refractivity contribution is 6.19. The summed E-state index contributed by atoms with van der Waals surface area (Å²) in [4.78, 5) is 0. The average Bonchev–Trinajstić information content (AvgIpc) is 2.88. The molecule has 0 aliphatic heterocycles. The van der Waals surface area contributed by atoms with E-state index in [-0.39, 0.29) is 0 Å². The molecule has 0 N–H and O–H groups in total. The molecule has 1 aromatic carbocycles. The van der Waals surface area contributed by atoms with Gasteiger partial charge in [0.05, 0.1) is 18.1 Å². The number of halogens is 1. The van der Waals surface area contributed by atoms with E-state index in [1.165, 1.54) is 31.2 Å². The Bertz CT molecular complexity index is 450. The lowest BCUT2D eigenvalue weighted by Crippen LogP contribution is -2.08. The predicted molar refractivity (Wildman–Crippen MR) is 76.2 cm³/mol. The largest absolute Gasteiger partial charge is 0.492 e. The van der Waals surface area contributed by atoms with Gasteiger partial charge in [-0.05, 0) is 43.4 Å². The van der Waals surface area contributed by atoms with Crippen molar-refractivity contribution in [2.45, 2.75) is 32.6 Å². The molecule has 96 valence electrons. The fraction of sp³-hybridized carbons (Fsp3) is 0.500. The van der Waals surface area contributed by atoms with Crippen molar-refractivity contribution in [3.05, 3.63) is 29.3 Å². The second-order valence-corrected chi connectivity index (χ2v) is 5.16. The van der Waals surface area contributed by atoms with E-state index in [2.05, 4.69) is 30.9 Å². The van der Waals surface area contributed by atoms with Crippen molar-refractivity contribution in [2.75, 3.05) is 12.5 Å². The van der Waals surface area contributed by atoms with Crippen LogP contribution in [-0.4, -0.2) is 12.5 Å². The third-order valence-corrected chi connectivity index (χ3v) is 3.51. The molecule has 1 saturated carbocycles. The van der Waals surface area contributed by atoms with Gasteiger partial charge in [0.1, 0.15) is 5.75 Å². The third-order valence-electron chi connectivity index (χ3n) is 3.37. The van der Waals surface area contributed by atoms with Gasteiger partial charge in [0.15, 0.2) is 0 Å². The molecule has 0 radical (unpaired) electrons. The maximum Gasteiger partial charge on any atom is 0.134 e. The summed E-state index contributed by atoms with van der Waals surface area (Å²) in [6.07, 6.45) is 5.30. The topological polar surface area (TPSA) is 9.23 Å². The molecule has 0 bridgehead atoms. The van der Waals surface area contributed by atoms with Gasteiger partial charge in [0.2, 0.25) is 0 Å². The van der Waals surface area contributed by atoms with E-state index in [0.717, 1.165) is 23.8 Å². The maximum atomic E-state index is 5.93.